The summed E-state index contributed by atoms with van der Waals surface area (Å²) >= 11 is 0. The van der Waals surface area contributed by atoms with Gasteiger partial charge in [0.1, 0.15) is 22.7 Å². The van der Waals surface area contributed by atoms with Crippen molar-refractivity contribution in [2.45, 2.75) is 26.2 Å². The predicted molar refractivity (Wildman–Crippen MR) is 62.9 cm³/mol. The Morgan fingerprint density at radius 2 is 2.18 bits per heavy atom. The van der Waals surface area contributed by atoms with Crippen LogP contribution in [0.15, 0.2) is 24.3 Å². The highest BCUT2D eigenvalue weighted by molar-refractivity contribution is 5.85. The molecule has 0 aliphatic carbocycles. The fraction of sp³-hybridized carbons (Fsp3) is 0.308. The molecule has 0 saturated heterocycles. The topological polar surface area (TPSA) is 51.6 Å². The van der Waals surface area contributed by atoms with Crippen LogP contribution in [0.4, 0.5) is 0 Å². The van der Waals surface area contributed by atoms with Crippen LogP contribution in [-0.4, -0.2) is 15.9 Å². The number of fused-ring (bicyclic) bond motifs is 2. The lowest BCUT2D eigenvalue weighted by atomic mass is 10.1. The molecule has 0 atom stereocenters. The van der Waals surface area contributed by atoms with Crippen LogP contribution >= 0.6 is 0 Å². The van der Waals surface area contributed by atoms with Gasteiger partial charge in [-0.3, -0.25) is 0 Å². The Bertz CT molecular complexity index is 592. The van der Waals surface area contributed by atoms with E-state index >= 15 is 0 Å². The molecule has 0 fully saturated rings. The summed E-state index contributed by atoms with van der Waals surface area (Å²) in [6, 6.07) is 7.20. The van der Waals surface area contributed by atoms with Gasteiger partial charge in [-0.25, -0.2) is 4.98 Å². The molecule has 3 rings (SSSR count). The van der Waals surface area contributed by atoms with Crippen molar-refractivity contribution in [3.05, 3.63) is 30.0 Å². The third-order valence-electron chi connectivity index (χ3n) is 2.78. The molecule has 0 spiro atoms. The quantitative estimate of drug-likeness (QED) is 0.757. The number of hydrogen-bond acceptors (Lipinski definition) is 4. The first-order chi connectivity index (χ1) is 8.05. The Balaban J connectivity index is 2.21. The second kappa shape index (κ2) is 3.34. The van der Waals surface area contributed by atoms with Crippen molar-refractivity contribution >= 4 is 10.9 Å². The van der Waals surface area contributed by atoms with Crippen molar-refractivity contribution in [2.75, 3.05) is 0 Å². The summed E-state index contributed by atoms with van der Waals surface area (Å²) in [4.78, 5) is 4.38. The molecule has 4 heteroatoms. The van der Waals surface area contributed by atoms with Crippen LogP contribution in [0.1, 0.15) is 19.5 Å². The highest BCUT2D eigenvalue weighted by Gasteiger charge is 2.28. The van der Waals surface area contributed by atoms with Crippen LogP contribution in [0.3, 0.4) is 0 Å². The van der Waals surface area contributed by atoms with Gasteiger partial charge < -0.3 is 14.6 Å². The minimum Gasteiger partial charge on any atom is -0.506 e. The Kier molecular flexibility index (Phi) is 2.03. The average Bonchev–Trinajstić information content (AvgIpc) is 2.26. The van der Waals surface area contributed by atoms with E-state index in [1.807, 2.05) is 26.0 Å². The van der Waals surface area contributed by atoms with Crippen LogP contribution < -0.4 is 4.74 Å². The third-order valence-corrected chi connectivity index (χ3v) is 2.78. The normalized spacial score (nSPS) is 17.5. The summed E-state index contributed by atoms with van der Waals surface area (Å²) in [5.41, 5.74) is 1.30. The number of phenolic OH excluding ortho intramolecular Hbond substituents is 1. The molecule has 1 aromatic carbocycles. The van der Waals surface area contributed by atoms with Crippen LogP contribution in [-0.2, 0) is 11.3 Å². The molecular formula is C13H13NO3. The highest BCUT2D eigenvalue weighted by atomic mass is 16.7. The summed E-state index contributed by atoms with van der Waals surface area (Å²) < 4.78 is 11.2. The molecule has 2 heterocycles. The number of phenols is 1. The van der Waals surface area contributed by atoms with Crippen LogP contribution in [0.5, 0.6) is 11.5 Å². The SMILES string of the molecule is CC1(C)OCc2nc3c(O)cccc3cc2O1. The standard InChI is InChI=1S/C13H13NO3/c1-13(2)16-7-9-11(17-13)6-8-4-3-5-10(15)12(8)14-9/h3-6,15H,7H2,1-2H3. The first-order valence-corrected chi connectivity index (χ1v) is 5.50. The van der Waals surface area contributed by atoms with Crippen molar-refractivity contribution in [2.24, 2.45) is 0 Å². The zero-order valence-corrected chi connectivity index (χ0v) is 9.73. The number of nitrogens with zero attached hydrogens (tertiary/aromatic N) is 1. The Morgan fingerprint density at radius 1 is 1.35 bits per heavy atom. The lowest BCUT2D eigenvalue weighted by Crippen LogP contribution is -2.35. The number of pyridine rings is 1. The molecule has 88 valence electrons. The number of aromatic nitrogens is 1. The van der Waals surface area contributed by atoms with E-state index in [-0.39, 0.29) is 5.75 Å². The fourth-order valence-corrected chi connectivity index (χ4v) is 1.93. The van der Waals surface area contributed by atoms with Crippen molar-refractivity contribution in [3.8, 4) is 11.5 Å². The molecular weight excluding hydrogens is 218 g/mol. The summed E-state index contributed by atoms with van der Waals surface area (Å²) in [6.45, 7) is 4.12. The molecule has 1 N–H and O–H groups in total. The van der Waals surface area contributed by atoms with Crippen molar-refractivity contribution in [1.82, 2.24) is 4.98 Å². The molecule has 2 aromatic rings. The zero-order chi connectivity index (χ0) is 12.0. The van der Waals surface area contributed by atoms with Crippen molar-refractivity contribution in [3.63, 3.8) is 0 Å². The van der Waals surface area contributed by atoms with E-state index in [0.717, 1.165) is 16.8 Å². The molecule has 4 nitrogen and oxygen atoms in total. The Labute approximate surface area is 98.8 Å². The Hall–Kier alpha value is -1.81. The van der Waals surface area contributed by atoms with Gasteiger partial charge in [-0.1, -0.05) is 12.1 Å². The van der Waals surface area contributed by atoms with E-state index < -0.39 is 5.79 Å². The summed E-state index contributed by atoms with van der Waals surface area (Å²) in [5.74, 6) is 0.272. The number of ether oxygens (including phenoxy) is 2. The number of aromatic hydroxyl groups is 1. The molecule has 1 aliphatic rings. The lowest BCUT2D eigenvalue weighted by molar-refractivity contribution is -0.181. The molecule has 0 amide bonds. The minimum absolute atomic E-state index is 0.176. The van der Waals surface area contributed by atoms with E-state index in [2.05, 4.69) is 4.98 Å². The van der Waals surface area contributed by atoms with Gasteiger partial charge in [0.15, 0.2) is 0 Å². The molecule has 0 radical (unpaired) electrons. The molecule has 0 bridgehead atoms. The van der Waals surface area contributed by atoms with E-state index in [9.17, 15) is 5.11 Å². The van der Waals surface area contributed by atoms with Crippen molar-refractivity contribution in [1.29, 1.82) is 0 Å². The molecule has 17 heavy (non-hydrogen) atoms. The third kappa shape index (κ3) is 1.70. The number of rotatable bonds is 0. The van der Waals surface area contributed by atoms with Crippen LogP contribution in [0.25, 0.3) is 10.9 Å². The lowest BCUT2D eigenvalue weighted by Gasteiger charge is -2.32. The highest BCUT2D eigenvalue weighted by Crippen LogP contribution is 2.34. The van der Waals surface area contributed by atoms with E-state index in [1.54, 1.807) is 12.1 Å². The first-order valence-electron chi connectivity index (χ1n) is 5.50. The maximum absolute atomic E-state index is 9.73. The van der Waals surface area contributed by atoms with Crippen molar-refractivity contribution < 1.29 is 14.6 Å². The minimum atomic E-state index is -0.626. The number of hydrogen-bond donors (Lipinski definition) is 1. The molecule has 0 saturated carbocycles. The smallest absolute Gasteiger partial charge is 0.205 e. The Morgan fingerprint density at radius 3 is 3.00 bits per heavy atom. The van der Waals surface area contributed by atoms with Gasteiger partial charge in [0.05, 0.1) is 6.61 Å². The average molecular weight is 231 g/mol. The summed E-state index contributed by atoms with van der Waals surface area (Å²) in [7, 11) is 0. The molecule has 1 aliphatic heterocycles. The molecule has 0 unspecified atom stereocenters. The van der Waals surface area contributed by atoms with E-state index in [1.165, 1.54) is 0 Å². The monoisotopic (exact) mass is 231 g/mol. The summed E-state index contributed by atoms with van der Waals surface area (Å²) in [5, 5.41) is 10.6. The van der Waals surface area contributed by atoms with E-state index in [4.69, 9.17) is 9.47 Å². The fourth-order valence-electron chi connectivity index (χ4n) is 1.93. The van der Waals surface area contributed by atoms with Gasteiger partial charge in [0, 0.05) is 19.2 Å². The second-order valence-corrected chi connectivity index (χ2v) is 4.57. The van der Waals surface area contributed by atoms with Gasteiger partial charge in [-0.15, -0.1) is 0 Å². The van der Waals surface area contributed by atoms with Crippen LogP contribution in [0, 0.1) is 0 Å². The summed E-state index contributed by atoms with van der Waals surface area (Å²) in [6.07, 6.45) is 0. The first kappa shape index (κ1) is 10.4. The predicted octanol–water partition coefficient (Wildman–Crippen LogP) is 2.59. The van der Waals surface area contributed by atoms with E-state index in [0.29, 0.717) is 12.1 Å². The molecule has 1 aromatic heterocycles. The largest absolute Gasteiger partial charge is 0.506 e. The van der Waals surface area contributed by atoms with Gasteiger partial charge in [0.2, 0.25) is 5.79 Å². The van der Waals surface area contributed by atoms with Crippen LogP contribution in [0.2, 0.25) is 0 Å². The maximum Gasteiger partial charge on any atom is 0.205 e. The van der Waals surface area contributed by atoms with Gasteiger partial charge in [0.25, 0.3) is 0 Å². The number of para-hydroxylation sites is 1. The maximum atomic E-state index is 9.73. The number of benzene rings is 1. The second-order valence-electron chi connectivity index (χ2n) is 4.57. The van der Waals surface area contributed by atoms with Gasteiger partial charge in [-0.05, 0) is 12.1 Å². The van der Waals surface area contributed by atoms with Gasteiger partial charge >= 0.3 is 0 Å². The van der Waals surface area contributed by atoms with Gasteiger partial charge in [-0.2, -0.15) is 0 Å². The zero-order valence-electron chi connectivity index (χ0n) is 9.73.